The van der Waals surface area contributed by atoms with Crippen LogP contribution in [0.4, 0.5) is 0 Å². The van der Waals surface area contributed by atoms with Gasteiger partial charge in [-0.2, -0.15) is 0 Å². The van der Waals surface area contributed by atoms with Crippen LogP contribution in [-0.2, 0) is 0 Å². The van der Waals surface area contributed by atoms with Crippen molar-refractivity contribution in [3.63, 3.8) is 0 Å². The highest BCUT2D eigenvalue weighted by molar-refractivity contribution is 5.29. The average molecular weight is 232 g/mol. The predicted molar refractivity (Wildman–Crippen MR) is 76.0 cm³/mol. The molecule has 0 aromatic rings. The molecule has 0 radical (unpaired) electrons. The molecule has 2 aliphatic rings. The SMILES string of the molecule is CCCCCCCCCCC1=CC2C=CC1C2. The van der Waals surface area contributed by atoms with Gasteiger partial charge in [-0.05, 0) is 31.1 Å². The molecule has 0 spiro atoms. The van der Waals surface area contributed by atoms with E-state index in [1.165, 1.54) is 64.2 Å². The van der Waals surface area contributed by atoms with Crippen molar-refractivity contribution in [3.05, 3.63) is 23.8 Å². The lowest BCUT2D eigenvalue weighted by Crippen LogP contribution is -1.93. The first kappa shape index (κ1) is 12.9. The van der Waals surface area contributed by atoms with E-state index >= 15 is 0 Å². The Bertz CT molecular complexity index is 272. The van der Waals surface area contributed by atoms with Crippen LogP contribution in [0, 0.1) is 11.8 Å². The summed E-state index contributed by atoms with van der Waals surface area (Å²) in [7, 11) is 0. The summed E-state index contributed by atoms with van der Waals surface area (Å²) in [5.41, 5.74) is 1.75. The van der Waals surface area contributed by atoms with Crippen molar-refractivity contribution in [2.75, 3.05) is 0 Å². The van der Waals surface area contributed by atoms with Crippen molar-refractivity contribution in [3.8, 4) is 0 Å². The molecule has 0 fully saturated rings. The molecule has 0 amide bonds. The summed E-state index contributed by atoms with van der Waals surface area (Å²) >= 11 is 0. The maximum Gasteiger partial charge on any atom is -0.00143 e. The first-order valence-corrected chi connectivity index (χ1v) is 7.79. The molecule has 0 heteroatoms. The van der Waals surface area contributed by atoms with Crippen molar-refractivity contribution >= 4 is 0 Å². The van der Waals surface area contributed by atoms with Gasteiger partial charge in [0.2, 0.25) is 0 Å². The van der Waals surface area contributed by atoms with E-state index in [2.05, 4.69) is 25.2 Å². The van der Waals surface area contributed by atoms with Crippen LogP contribution < -0.4 is 0 Å². The van der Waals surface area contributed by atoms with Gasteiger partial charge in [-0.25, -0.2) is 0 Å². The van der Waals surface area contributed by atoms with Gasteiger partial charge in [0.05, 0.1) is 0 Å². The van der Waals surface area contributed by atoms with Crippen molar-refractivity contribution in [2.24, 2.45) is 11.8 Å². The number of hydrogen-bond acceptors (Lipinski definition) is 0. The lowest BCUT2D eigenvalue weighted by molar-refractivity contribution is 0.569. The summed E-state index contributed by atoms with van der Waals surface area (Å²) in [4.78, 5) is 0. The third-order valence-corrected chi connectivity index (χ3v) is 4.34. The lowest BCUT2D eigenvalue weighted by Gasteiger charge is -2.09. The van der Waals surface area contributed by atoms with Crippen LogP contribution in [0.25, 0.3) is 0 Å². The molecule has 0 aromatic carbocycles. The molecular formula is C17H28. The smallest absolute Gasteiger partial charge is 0.00143 e. The van der Waals surface area contributed by atoms with E-state index in [-0.39, 0.29) is 0 Å². The second-order valence-corrected chi connectivity index (χ2v) is 5.86. The highest BCUT2D eigenvalue weighted by atomic mass is 14.3. The summed E-state index contributed by atoms with van der Waals surface area (Å²) in [5, 5.41) is 0. The molecule has 0 N–H and O–H groups in total. The molecule has 2 rings (SSSR count). The molecule has 2 unspecified atom stereocenters. The molecule has 0 nitrogen and oxygen atoms in total. The molecule has 2 aliphatic carbocycles. The monoisotopic (exact) mass is 232 g/mol. The minimum atomic E-state index is 0.809. The van der Waals surface area contributed by atoms with Crippen LogP contribution in [0.15, 0.2) is 23.8 Å². The second kappa shape index (κ2) is 7.03. The van der Waals surface area contributed by atoms with Crippen molar-refractivity contribution < 1.29 is 0 Å². The summed E-state index contributed by atoms with van der Waals surface area (Å²) in [6.07, 6.45) is 21.6. The van der Waals surface area contributed by atoms with E-state index in [9.17, 15) is 0 Å². The Morgan fingerprint density at radius 2 is 1.65 bits per heavy atom. The topological polar surface area (TPSA) is 0 Å². The number of unbranched alkanes of at least 4 members (excludes halogenated alkanes) is 7. The zero-order chi connectivity index (χ0) is 11.9. The molecule has 0 heterocycles. The Morgan fingerprint density at radius 1 is 0.941 bits per heavy atom. The van der Waals surface area contributed by atoms with E-state index < -0.39 is 0 Å². The van der Waals surface area contributed by atoms with E-state index in [0.29, 0.717) is 0 Å². The van der Waals surface area contributed by atoms with Gasteiger partial charge in [0.1, 0.15) is 0 Å². The fourth-order valence-corrected chi connectivity index (χ4v) is 3.26. The summed E-state index contributed by atoms with van der Waals surface area (Å²) in [6.45, 7) is 2.29. The molecule has 0 aromatic heterocycles. The Kier molecular flexibility index (Phi) is 5.35. The van der Waals surface area contributed by atoms with Gasteiger partial charge in [-0.15, -0.1) is 0 Å². The van der Waals surface area contributed by atoms with Crippen LogP contribution in [0.1, 0.15) is 71.1 Å². The third kappa shape index (κ3) is 4.01. The Morgan fingerprint density at radius 3 is 2.24 bits per heavy atom. The normalized spacial score (nSPS) is 25.6. The Labute approximate surface area is 107 Å². The van der Waals surface area contributed by atoms with E-state index in [0.717, 1.165) is 11.8 Å². The minimum absolute atomic E-state index is 0.809. The maximum absolute atomic E-state index is 2.53. The highest BCUT2D eigenvalue weighted by Gasteiger charge is 2.26. The first-order valence-electron chi connectivity index (χ1n) is 7.79. The van der Waals surface area contributed by atoms with Gasteiger partial charge in [-0.3, -0.25) is 0 Å². The maximum atomic E-state index is 2.53. The molecule has 17 heavy (non-hydrogen) atoms. The number of hydrogen-bond donors (Lipinski definition) is 0. The summed E-state index contributed by atoms with van der Waals surface area (Å²) in [5.74, 6) is 1.65. The molecule has 0 aliphatic heterocycles. The molecule has 2 bridgehead atoms. The lowest BCUT2D eigenvalue weighted by atomic mass is 9.96. The van der Waals surface area contributed by atoms with Gasteiger partial charge in [0.25, 0.3) is 0 Å². The van der Waals surface area contributed by atoms with Gasteiger partial charge >= 0.3 is 0 Å². The van der Waals surface area contributed by atoms with Crippen molar-refractivity contribution in [2.45, 2.75) is 71.1 Å². The van der Waals surface area contributed by atoms with E-state index in [1.807, 2.05) is 0 Å². The van der Waals surface area contributed by atoms with E-state index in [4.69, 9.17) is 0 Å². The van der Waals surface area contributed by atoms with E-state index in [1.54, 1.807) is 5.57 Å². The van der Waals surface area contributed by atoms with Crippen LogP contribution in [0.2, 0.25) is 0 Å². The van der Waals surface area contributed by atoms with Crippen molar-refractivity contribution in [1.82, 2.24) is 0 Å². The van der Waals surface area contributed by atoms with Crippen LogP contribution in [0.5, 0.6) is 0 Å². The second-order valence-electron chi connectivity index (χ2n) is 5.86. The van der Waals surface area contributed by atoms with Gasteiger partial charge in [0.15, 0.2) is 0 Å². The average Bonchev–Trinajstić information content (AvgIpc) is 2.94. The quantitative estimate of drug-likeness (QED) is 0.356. The van der Waals surface area contributed by atoms with Crippen LogP contribution in [-0.4, -0.2) is 0 Å². The fraction of sp³-hybridized carbons (Fsp3) is 0.765. The Balaban J connectivity index is 1.43. The fourth-order valence-electron chi connectivity index (χ4n) is 3.26. The minimum Gasteiger partial charge on any atom is -0.0810 e. The highest BCUT2D eigenvalue weighted by Crippen LogP contribution is 2.40. The van der Waals surface area contributed by atoms with Gasteiger partial charge in [0, 0.05) is 0 Å². The zero-order valence-corrected chi connectivity index (χ0v) is 11.5. The predicted octanol–water partition coefficient (Wildman–Crippen LogP) is 5.65. The first-order chi connectivity index (χ1) is 8.40. The molecule has 96 valence electrons. The summed E-state index contributed by atoms with van der Waals surface area (Å²) in [6, 6.07) is 0. The number of allylic oxidation sites excluding steroid dienone is 4. The van der Waals surface area contributed by atoms with Crippen LogP contribution in [0.3, 0.4) is 0 Å². The zero-order valence-electron chi connectivity index (χ0n) is 11.5. The van der Waals surface area contributed by atoms with Crippen molar-refractivity contribution in [1.29, 1.82) is 0 Å². The van der Waals surface area contributed by atoms with Gasteiger partial charge < -0.3 is 0 Å². The number of fused-ring (bicyclic) bond motifs is 2. The van der Waals surface area contributed by atoms with Crippen LogP contribution >= 0.6 is 0 Å². The standard InChI is InChI=1S/C17H28/c1-2-3-4-5-6-7-8-9-10-16-13-15-11-12-17(16)14-15/h11-13,15,17H,2-10,14H2,1H3. The molecule has 0 saturated heterocycles. The molecule has 0 saturated carbocycles. The molecular weight excluding hydrogens is 204 g/mol. The third-order valence-electron chi connectivity index (χ3n) is 4.34. The Hall–Kier alpha value is -0.520. The largest absolute Gasteiger partial charge is 0.0810 e. The van der Waals surface area contributed by atoms with Gasteiger partial charge in [-0.1, -0.05) is 75.7 Å². The summed E-state index contributed by atoms with van der Waals surface area (Å²) < 4.78 is 0. The number of rotatable bonds is 9. The molecule has 2 atom stereocenters.